The van der Waals surface area contributed by atoms with E-state index in [0.717, 1.165) is 63.9 Å². The van der Waals surface area contributed by atoms with Crippen LogP contribution in [-0.2, 0) is 4.74 Å². The molecule has 0 aliphatic carbocycles. The van der Waals surface area contributed by atoms with Crippen LogP contribution >= 0.6 is 24.0 Å². The van der Waals surface area contributed by atoms with E-state index in [-0.39, 0.29) is 30.0 Å². The summed E-state index contributed by atoms with van der Waals surface area (Å²) in [5.41, 5.74) is 1.27. The van der Waals surface area contributed by atoms with Crippen molar-refractivity contribution in [2.24, 2.45) is 4.99 Å². The van der Waals surface area contributed by atoms with Gasteiger partial charge in [-0.1, -0.05) is 0 Å². The zero-order valence-electron chi connectivity index (χ0n) is 18.3. The topological polar surface area (TPSA) is 61.4 Å². The molecule has 0 aromatic heterocycles. The van der Waals surface area contributed by atoms with E-state index in [0.29, 0.717) is 6.61 Å². The second kappa shape index (κ2) is 14.7. The van der Waals surface area contributed by atoms with Crippen LogP contribution in [0.2, 0.25) is 0 Å². The van der Waals surface area contributed by atoms with Crippen molar-refractivity contribution in [2.45, 2.75) is 26.3 Å². The minimum Gasteiger partial charge on any atom is -0.497 e. The molecule has 0 spiro atoms. The van der Waals surface area contributed by atoms with Gasteiger partial charge in [0.1, 0.15) is 5.75 Å². The molecule has 8 heteroatoms. The predicted octanol–water partition coefficient (Wildman–Crippen LogP) is 2.42. The summed E-state index contributed by atoms with van der Waals surface area (Å²) in [6.45, 7) is 11.9. The SMILES string of the molecule is CCNC(=NCCCN1CCN(c2ccc(OC)cc2)CC1)NC(C)COC.I. The third kappa shape index (κ3) is 9.39. The molecule has 1 aromatic carbocycles. The number of benzene rings is 1. The Hall–Kier alpha value is -1.26. The first-order valence-electron chi connectivity index (χ1n) is 10.3. The van der Waals surface area contributed by atoms with Crippen LogP contribution < -0.4 is 20.3 Å². The number of hydrogen-bond donors (Lipinski definition) is 2. The van der Waals surface area contributed by atoms with Crippen LogP contribution in [-0.4, -0.2) is 83.5 Å². The van der Waals surface area contributed by atoms with Crippen LogP contribution in [0, 0.1) is 0 Å². The summed E-state index contributed by atoms with van der Waals surface area (Å²) in [4.78, 5) is 9.66. The molecule has 1 aromatic rings. The standard InChI is InChI=1S/C21H37N5O2.HI/c1-5-22-21(24-18(2)17-27-3)23-11-6-12-25-13-15-26(16-14-25)19-7-9-20(28-4)10-8-19;/h7-10,18H,5-6,11-17H2,1-4H3,(H2,22,23,24);1H. The summed E-state index contributed by atoms with van der Waals surface area (Å²) in [6.07, 6.45) is 1.07. The molecule has 0 amide bonds. The highest BCUT2D eigenvalue weighted by Gasteiger charge is 2.16. The van der Waals surface area contributed by atoms with E-state index in [4.69, 9.17) is 9.47 Å². The van der Waals surface area contributed by atoms with Crippen molar-refractivity contribution in [1.29, 1.82) is 0 Å². The van der Waals surface area contributed by atoms with Crippen molar-refractivity contribution in [3.8, 4) is 5.75 Å². The average Bonchev–Trinajstić information content (AvgIpc) is 2.72. The lowest BCUT2D eigenvalue weighted by Crippen LogP contribution is -2.46. The Kier molecular flexibility index (Phi) is 13.0. The molecule has 0 bridgehead atoms. The number of piperazine rings is 1. The number of halogens is 1. The fraction of sp³-hybridized carbons (Fsp3) is 0.667. The molecule has 1 aliphatic rings. The first kappa shape index (κ1) is 25.8. The van der Waals surface area contributed by atoms with E-state index in [1.54, 1.807) is 14.2 Å². The number of guanidine groups is 1. The summed E-state index contributed by atoms with van der Waals surface area (Å²) in [6, 6.07) is 8.59. The van der Waals surface area contributed by atoms with Crippen LogP contribution in [0.3, 0.4) is 0 Å². The molecule has 29 heavy (non-hydrogen) atoms. The van der Waals surface area contributed by atoms with E-state index in [1.807, 2.05) is 12.1 Å². The molecule has 1 fully saturated rings. The number of nitrogens with zero attached hydrogens (tertiary/aromatic N) is 3. The van der Waals surface area contributed by atoms with Crippen molar-refractivity contribution in [2.75, 3.05) is 71.5 Å². The summed E-state index contributed by atoms with van der Waals surface area (Å²) in [5.74, 6) is 1.78. The van der Waals surface area contributed by atoms with Gasteiger partial charge in [-0.25, -0.2) is 0 Å². The largest absolute Gasteiger partial charge is 0.497 e. The maximum Gasteiger partial charge on any atom is 0.191 e. The fourth-order valence-electron chi connectivity index (χ4n) is 3.35. The molecule has 2 rings (SSSR count). The van der Waals surface area contributed by atoms with Gasteiger partial charge in [-0.2, -0.15) is 0 Å². The number of nitrogens with one attached hydrogen (secondary N) is 2. The van der Waals surface area contributed by atoms with Crippen molar-refractivity contribution in [3.63, 3.8) is 0 Å². The maximum absolute atomic E-state index is 5.24. The lowest BCUT2D eigenvalue weighted by atomic mass is 10.2. The van der Waals surface area contributed by atoms with Crippen LogP contribution in [0.15, 0.2) is 29.3 Å². The van der Waals surface area contributed by atoms with Gasteiger partial charge in [0.15, 0.2) is 5.96 Å². The van der Waals surface area contributed by atoms with Gasteiger partial charge < -0.3 is 25.0 Å². The molecule has 7 nitrogen and oxygen atoms in total. The van der Waals surface area contributed by atoms with E-state index in [9.17, 15) is 0 Å². The van der Waals surface area contributed by atoms with Gasteiger partial charge in [-0.15, -0.1) is 24.0 Å². The van der Waals surface area contributed by atoms with Gasteiger partial charge in [0.25, 0.3) is 0 Å². The maximum atomic E-state index is 5.24. The first-order valence-corrected chi connectivity index (χ1v) is 10.3. The molecule has 1 saturated heterocycles. The van der Waals surface area contributed by atoms with Gasteiger partial charge in [0.2, 0.25) is 0 Å². The average molecular weight is 519 g/mol. The van der Waals surface area contributed by atoms with Crippen molar-refractivity contribution < 1.29 is 9.47 Å². The molecule has 0 radical (unpaired) electrons. The van der Waals surface area contributed by atoms with Crippen LogP contribution in [0.5, 0.6) is 5.75 Å². The Morgan fingerprint density at radius 2 is 1.83 bits per heavy atom. The molecule has 1 heterocycles. The van der Waals surface area contributed by atoms with E-state index in [1.165, 1.54) is 5.69 Å². The zero-order valence-corrected chi connectivity index (χ0v) is 20.6. The molecule has 166 valence electrons. The first-order chi connectivity index (χ1) is 13.7. The van der Waals surface area contributed by atoms with Crippen molar-refractivity contribution >= 4 is 35.6 Å². The predicted molar refractivity (Wildman–Crippen MR) is 132 cm³/mol. The smallest absolute Gasteiger partial charge is 0.191 e. The Balaban J connectivity index is 0.00000420. The molecular weight excluding hydrogens is 481 g/mol. The van der Waals surface area contributed by atoms with Crippen molar-refractivity contribution in [3.05, 3.63) is 24.3 Å². The quantitative estimate of drug-likeness (QED) is 0.214. The molecule has 1 atom stereocenters. The Morgan fingerprint density at radius 1 is 1.14 bits per heavy atom. The highest BCUT2D eigenvalue weighted by atomic mass is 127. The number of aliphatic imine (C=N–C) groups is 1. The second-order valence-corrected chi connectivity index (χ2v) is 7.14. The van der Waals surface area contributed by atoms with Gasteiger partial charge in [-0.05, 0) is 44.5 Å². The summed E-state index contributed by atoms with van der Waals surface area (Å²) < 4.78 is 10.4. The van der Waals surface area contributed by atoms with E-state index >= 15 is 0 Å². The Labute approximate surface area is 193 Å². The summed E-state index contributed by atoms with van der Waals surface area (Å²) in [7, 11) is 3.42. The molecule has 0 saturated carbocycles. The third-order valence-electron chi connectivity index (χ3n) is 4.86. The molecule has 1 aliphatic heterocycles. The van der Waals surface area contributed by atoms with Crippen LogP contribution in [0.25, 0.3) is 0 Å². The number of rotatable bonds is 10. The van der Waals surface area contributed by atoms with Crippen molar-refractivity contribution in [1.82, 2.24) is 15.5 Å². The molecule has 1 unspecified atom stereocenters. The van der Waals surface area contributed by atoms with Gasteiger partial charge in [0, 0.05) is 64.7 Å². The van der Waals surface area contributed by atoms with Crippen LogP contribution in [0.1, 0.15) is 20.3 Å². The highest BCUT2D eigenvalue weighted by molar-refractivity contribution is 14.0. The van der Waals surface area contributed by atoms with Crippen LogP contribution in [0.4, 0.5) is 5.69 Å². The summed E-state index contributed by atoms with van der Waals surface area (Å²) in [5, 5.41) is 6.67. The number of methoxy groups -OCH3 is 2. The highest BCUT2D eigenvalue weighted by Crippen LogP contribution is 2.20. The normalized spacial score (nSPS) is 16.1. The Morgan fingerprint density at radius 3 is 2.41 bits per heavy atom. The van der Waals surface area contributed by atoms with Gasteiger partial charge >= 0.3 is 0 Å². The van der Waals surface area contributed by atoms with Gasteiger partial charge in [0.05, 0.1) is 13.7 Å². The lowest BCUT2D eigenvalue weighted by Gasteiger charge is -2.36. The molecular formula is C21H38IN5O2. The van der Waals surface area contributed by atoms with Gasteiger partial charge in [-0.3, -0.25) is 9.89 Å². The minimum atomic E-state index is 0. The fourth-order valence-corrected chi connectivity index (χ4v) is 3.35. The number of hydrogen-bond acceptors (Lipinski definition) is 5. The third-order valence-corrected chi connectivity index (χ3v) is 4.86. The van der Waals surface area contributed by atoms with E-state index in [2.05, 4.69) is 51.4 Å². The summed E-state index contributed by atoms with van der Waals surface area (Å²) >= 11 is 0. The minimum absolute atomic E-state index is 0. The zero-order chi connectivity index (χ0) is 20.2. The molecule has 2 N–H and O–H groups in total. The number of anilines is 1. The van der Waals surface area contributed by atoms with E-state index < -0.39 is 0 Å². The monoisotopic (exact) mass is 519 g/mol. The second-order valence-electron chi connectivity index (χ2n) is 7.14. The lowest BCUT2D eigenvalue weighted by molar-refractivity contribution is 0.179. The Bertz CT molecular complexity index is 577. The number of ether oxygens (including phenoxy) is 2.